The van der Waals surface area contributed by atoms with Crippen LogP contribution in [0.15, 0.2) is 42.6 Å². The number of hydrogen-bond acceptors (Lipinski definition) is 10. The predicted octanol–water partition coefficient (Wildman–Crippen LogP) is 2.35. The van der Waals surface area contributed by atoms with Crippen LogP contribution in [0.3, 0.4) is 0 Å². The summed E-state index contributed by atoms with van der Waals surface area (Å²) in [5.41, 5.74) is 3.63. The van der Waals surface area contributed by atoms with Crippen molar-refractivity contribution in [3.05, 3.63) is 42.6 Å². The Morgan fingerprint density at radius 2 is 1.94 bits per heavy atom. The summed E-state index contributed by atoms with van der Waals surface area (Å²) in [5.74, 6) is -2.32. The van der Waals surface area contributed by atoms with Crippen molar-refractivity contribution in [2.45, 2.75) is 84.9 Å². The van der Waals surface area contributed by atoms with E-state index in [0.717, 1.165) is 10.3 Å². The maximum absolute atomic E-state index is 14.6. The van der Waals surface area contributed by atoms with Crippen LogP contribution in [0.2, 0.25) is 0 Å². The molecule has 3 heterocycles. The van der Waals surface area contributed by atoms with Crippen molar-refractivity contribution in [3.8, 4) is 11.6 Å². The third-order valence-corrected chi connectivity index (χ3v) is 14.4. The lowest BCUT2D eigenvalue weighted by molar-refractivity contribution is -0.153. The van der Waals surface area contributed by atoms with Gasteiger partial charge in [-0.25, -0.2) is 18.2 Å². The van der Waals surface area contributed by atoms with E-state index in [0.29, 0.717) is 42.6 Å². The first-order valence-corrected chi connectivity index (χ1v) is 18.8. The average molecular weight is 716 g/mol. The van der Waals surface area contributed by atoms with Crippen LogP contribution in [0.4, 0.5) is 4.79 Å². The molecule has 2 aliphatic heterocycles. The molecule has 0 bridgehead atoms. The minimum atomic E-state index is -3.88. The number of methoxy groups -OCH3 is 1. The third-order valence-electron chi connectivity index (χ3n) is 9.96. The smallest absolute Gasteiger partial charge is 0.405 e. The van der Waals surface area contributed by atoms with E-state index in [1.54, 1.807) is 44.2 Å². The zero-order chi connectivity index (χ0) is 35.4. The SMILES string of the molecule is COc1ccc2c(OC3CN4C(=O)C(NC(=O)O)C(C)(C)SCCC/C=C\C5CC5(S(=O)(=O)C5CC5)NC(=O)C4(C(N)=O)C3)nccc2c1. The van der Waals surface area contributed by atoms with Crippen molar-refractivity contribution < 1.29 is 42.2 Å². The standard InChI is InChI=1S/C33H41N5O9S2/c1-31(2)25(36-30(42)43)27(39)38-18-22(47-26-24-11-8-21(46-3)15-19(24)12-13-35-26)17-32(38,28(34)40)29(41)37-33(49(44,45)23-9-10-23)16-20(33)7-5-4-6-14-48-31/h5,7-8,11-13,15,20,22-23,25,36H,4,6,9-10,14,16-18H2,1-3H3,(H2,34,40)(H,37,41)(H,42,43)/b7-5-. The van der Waals surface area contributed by atoms with Gasteiger partial charge in [0.25, 0.3) is 11.8 Å². The van der Waals surface area contributed by atoms with Crippen LogP contribution in [0.5, 0.6) is 11.6 Å². The predicted molar refractivity (Wildman–Crippen MR) is 182 cm³/mol. The van der Waals surface area contributed by atoms with E-state index < -0.39 is 78.5 Å². The number of nitrogens with two attached hydrogens (primary N) is 1. The molecular formula is C33H41N5O9S2. The first kappa shape index (κ1) is 34.8. The number of amides is 4. The first-order chi connectivity index (χ1) is 23.2. The summed E-state index contributed by atoms with van der Waals surface area (Å²) in [6.45, 7) is 3.08. The molecule has 14 nitrogen and oxygen atoms in total. The molecule has 2 aromatic rings. The number of pyridine rings is 1. The quantitative estimate of drug-likeness (QED) is 0.242. The number of benzene rings is 1. The lowest BCUT2D eigenvalue weighted by atomic mass is 9.91. The van der Waals surface area contributed by atoms with Crippen LogP contribution in [0.25, 0.3) is 10.8 Å². The van der Waals surface area contributed by atoms with Gasteiger partial charge in [0.1, 0.15) is 22.8 Å². The largest absolute Gasteiger partial charge is 0.497 e. The molecule has 4 amide bonds. The summed E-state index contributed by atoms with van der Waals surface area (Å²) in [7, 11) is -2.34. The minimum absolute atomic E-state index is 0.116. The number of allylic oxidation sites excluding steroid dienone is 1. The van der Waals surface area contributed by atoms with Gasteiger partial charge in [-0.05, 0) is 81.4 Å². The molecule has 2 saturated carbocycles. The van der Waals surface area contributed by atoms with E-state index in [1.807, 2.05) is 6.08 Å². The molecule has 1 aromatic carbocycles. The van der Waals surface area contributed by atoms with E-state index in [-0.39, 0.29) is 18.8 Å². The third kappa shape index (κ3) is 6.17. The van der Waals surface area contributed by atoms with Gasteiger partial charge in [-0.3, -0.25) is 14.4 Å². The fourth-order valence-corrected chi connectivity index (χ4v) is 10.6. The molecule has 1 saturated heterocycles. The molecule has 5 N–H and O–H groups in total. The number of aromatic nitrogens is 1. The molecule has 5 atom stereocenters. The molecule has 4 aliphatic rings. The van der Waals surface area contributed by atoms with Crippen LogP contribution >= 0.6 is 11.8 Å². The molecule has 1 aromatic heterocycles. The van der Waals surface area contributed by atoms with Crippen molar-refractivity contribution >= 4 is 56.2 Å². The summed E-state index contributed by atoms with van der Waals surface area (Å²) >= 11 is 1.37. The number of sulfone groups is 1. The Bertz CT molecular complexity index is 1830. The van der Waals surface area contributed by atoms with Gasteiger partial charge in [-0.1, -0.05) is 12.2 Å². The van der Waals surface area contributed by atoms with E-state index in [2.05, 4.69) is 15.6 Å². The molecular weight excluding hydrogens is 675 g/mol. The molecule has 0 spiro atoms. The molecule has 264 valence electrons. The monoisotopic (exact) mass is 715 g/mol. The number of fused-ring (bicyclic) bond motifs is 3. The van der Waals surface area contributed by atoms with Crippen LogP contribution in [-0.2, 0) is 24.2 Å². The van der Waals surface area contributed by atoms with Crippen molar-refractivity contribution in [3.63, 3.8) is 0 Å². The Labute approximate surface area is 288 Å². The number of nitrogens with zero attached hydrogens (tertiary/aromatic N) is 2. The second-order valence-corrected chi connectivity index (χ2v) is 17.9. The highest BCUT2D eigenvalue weighted by molar-refractivity contribution is 8.00. The van der Waals surface area contributed by atoms with E-state index in [9.17, 15) is 32.7 Å². The topological polar surface area (TPSA) is 207 Å². The van der Waals surface area contributed by atoms with Gasteiger partial charge in [0.15, 0.2) is 9.84 Å². The van der Waals surface area contributed by atoms with Crippen molar-refractivity contribution in [1.29, 1.82) is 0 Å². The number of nitrogens with one attached hydrogen (secondary N) is 2. The van der Waals surface area contributed by atoms with E-state index in [4.69, 9.17) is 15.2 Å². The Balaban J connectivity index is 1.45. The lowest BCUT2D eigenvalue weighted by Crippen LogP contribution is -2.70. The number of carbonyl (C=O) groups excluding carboxylic acids is 3. The highest BCUT2D eigenvalue weighted by Crippen LogP contribution is 2.54. The average Bonchev–Trinajstić information content (AvgIpc) is 3.98. The number of hydrogen-bond donors (Lipinski definition) is 4. The van der Waals surface area contributed by atoms with Crippen LogP contribution in [-0.4, -0.2) is 99.2 Å². The number of ether oxygens (including phenoxy) is 2. The number of primary amides is 1. The Morgan fingerprint density at radius 3 is 2.61 bits per heavy atom. The summed E-state index contributed by atoms with van der Waals surface area (Å²) in [4.78, 5) is 58.7. The Morgan fingerprint density at radius 1 is 1.18 bits per heavy atom. The molecule has 49 heavy (non-hydrogen) atoms. The second-order valence-electron chi connectivity index (χ2n) is 13.6. The molecule has 6 rings (SSSR count). The normalized spacial score (nSPS) is 30.9. The molecule has 5 unspecified atom stereocenters. The van der Waals surface area contributed by atoms with Gasteiger partial charge >= 0.3 is 6.09 Å². The van der Waals surface area contributed by atoms with Gasteiger partial charge < -0.3 is 35.8 Å². The number of carbonyl (C=O) groups is 4. The lowest BCUT2D eigenvalue weighted by Gasteiger charge is -2.40. The Kier molecular flexibility index (Phi) is 9.01. The highest BCUT2D eigenvalue weighted by Gasteiger charge is 2.70. The zero-order valence-electron chi connectivity index (χ0n) is 27.5. The van der Waals surface area contributed by atoms with Crippen molar-refractivity contribution in [1.82, 2.24) is 20.5 Å². The van der Waals surface area contributed by atoms with E-state index in [1.165, 1.54) is 25.1 Å². The molecule has 3 fully saturated rings. The fraction of sp³-hybridized carbons (Fsp3) is 0.545. The van der Waals surface area contributed by atoms with Crippen molar-refractivity contribution in [2.75, 3.05) is 19.4 Å². The first-order valence-electron chi connectivity index (χ1n) is 16.2. The summed E-state index contributed by atoms with van der Waals surface area (Å²) < 4.78 is 38.3. The maximum Gasteiger partial charge on any atom is 0.405 e. The van der Waals surface area contributed by atoms with Gasteiger partial charge in [-0.2, -0.15) is 11.8 Å². The van der Waals surface area contributed by atoms with Crippen LogP contribution in [0.1, 0.15) is 52.4 Å². The molecule has 2 aliphatic carbocycles. The number of carboxylic acid groups (broad SMARTS) is 1. The minimum Gasteiger partial charge on any atom is -0.497 e. The second kappa shape index (κ2) is 12.7. The van der Waals surface area contributed by atoms with E-state index >= 15 is 0 Å². The molecule has 16 heteroatoms. The van der Waals surface area contributed by atoms with Crippen molar-refractivity contribution in [2.24, 2.45) is 11.7 Å². The summed E-state index contributed by atoms with van der Waals surface area (Å²) in [5, 5.41) is 15.6. The van der Waals surface area contributed by atoms with Crippen LogP contribution < -0.4 is 25.8 Å². The number of rotatable bonds is 7. The highest BCUT2D eigenvalue weighted by atomic mass is 32.2. The Hall–Kier alpha value is -4.05. The maximum atomic E-state index is 14.6. The number of thioether (sulfide) groups is 1. The van der Waals surface area contributed by atoms with Gasteiger partial charge in [0.05, 0.1) is 18.9 Å². The van der Waals surface area contributed by atoms with Gasteiger partial charge in [0, 0.05) is 28.7 Å². The van der Waals surface area contributed by atoms with Crippen LogP contribution in [0, 0.1) is 5.92 Å². The summed E-state index contributed by atoms with van der Waals surface area (Å²) in [6, 6.07) is 5.59. The zero-order valence-corrected chi connectivity index (χ0v) is 29.1. The fourth-order valence-electron chi connectivity index (χ4n) is 6.99. The summed E-state index contributed by atoms with van der Waals surface area (Å²) in [6.07, 6.45) is 4.62. The molecule has 0 radical (unpaired) electrons. The van der Waals surface area contributed by atoms with Gasteiger partial charge in [0.2, 0.25) is 17.3 Å². The van der Waals surface area contributed by atoms with Gasteiger partial charge in [-0.15, -0.1) is 0 Å².